The van der Waals surface area contributed by atoms with Gasteiger partial charge in [-0.25, -0.2) is 9.59 Å². The third kappa shape index (κ3) is 4.05. The first-order valence-corrected chi connectivity index (χ1v) is 5.60. The van der Waals surface area contributed by atoms with Crippen molar-refractivity contribution in [3.05, 3.63) is 11.9 Å². The number of hydrogen-bond donors (Lipinski definition) is 2. The molecule has 9 nitrogen and oxygen atoms in total. The molecule has 2 N–H and O–H groups in total. The predicted molar refractivity (Wildman–Crippen MR) is 60.9 cm³/mol. The molecule has 0 spiro atoms. The normalized spacial score (nSPS) is 10.1. The summed E-state index contributed by atoms with van der Waals surface area (Å²) >= 11 is 0. The molecule has 1 amide bonds. The quantitative estimate of drug-likeness (QED) is 0.503. The number of nitrogens with one attached hydrogen (secondary N) is 2. The van der Waals surface area contributed by atoms with E-state index in [4.69, 9.17) is 9.47 Å². The summed E-state index contributed by atoms with van der Waals surface area (Å²) in [5.74, 6) is -2.52. The van der Waals surface area contributed by atoms with Gasteiger partial charge in [-0.1, -0.05) is 0 Å². The first-order valence-electron chi connectivity index (χ1n) is 5.60. The summed E-state index contributed by atoms with van der Waals surface area (Å²) < 4.78 is 9.38. The lowest BCUT2D eigenvalue weighted by molar-refractivity contribution is -0.157. The van der Waals surface area contributed by atoms with Crippen molar-refractivity contribution in [3.63, 3.8) is 0 Å². The molecule has 1 heterocycles. The molecule has 0 aliphatic carbocycles. The molecule has 1 aromatic heterocycles. The molecule has 0 fully saturated rings. The fraction of sp³-hybridized carbons (Fsp3) is 0.500. The zero-order chi connectivity index (χ0) is 14.3. The molecule has 19 heavy (non-hydrogen) atoms. The summed E-state index contributed by atoms with van der Waals surface area (Å²) in [5.41, 5.74) is -0.0569. The number of amides is 1. The highest BCUT2D eigenvalue weighted by Crippen LogP contribution is 1.97. The first kappa shape index (κ1) is 14.6. The van der Waals surface area contributed by atoms with Crippen LogP contribution in [0, 0.1) is 0 Å². The van der Waals surface area contributed by atoms with Gasteiger partial charge in [-0.05, 0) is 13.8 Å². The second kappa shape index (κ2) is 7.09. The number of aromatic amines is 1. The minimum absolute atomic E-state index is 0.0569. The Morgan fingerprint density at radius 1 is 1.26 bits per heavy atom. The molecule has 104 valence electrons. The van der Waals surface area contributed by atoms with Gasteiger partial charge in [0.25, 0.3) is 5.91 Å². The Kier molecular flexibility index (Phi) is 5.45. The Morgan fingerprint density at radius 3 is 2.26 bits per heavy atom. The Bertz CT molecular complexity index is 427. The number of H-pyrrole nitrogens is 1. The lowest BCUT2D eigenvalue weighted by atomic mass is 10.3. The van der Waals surface area contributed by atoms with Crippen molar-refractivity contribution < 1.29 is 23.9 Å². The third-order valence-corrected chi connectivity index (χ3v) is 1.97. The van der Waals surface area contributed by atoms with Crippen LogP contribution in [0.2, 0.25) is 0 Å². The van der Waals surface area contributed by atoms with E-state index in [9.17, 15) is 14.4 Å². The molecule has 0 radical (unpaired) electrons. The van der Waals surface area contributed by atoms with E-state index >= 15 is 0 Å². The highest BCUT2D eigenvalue weighted by atomic mass is 16.6. The minimum atomic E-state index is -1.52. The van der Waals surface area contributed by atoms with Gasteiger partial charge < -0.3 is 14.8 Å². The predicted octanol–water partition coefficient (Wildman–Crippen LogP) is -0.971. The molecular weight excluding hydrogens is 256 g/mol. The minimum Gasteiger partial charge on any atom is -0.464 e. The van der Waals surface area contributed by atoms with Crippen molar-refractivity contribution >= 4 is 17.8 Å². The van der Waals surface area contributed by atoms with E-state index in [2.05, 4.69) is 20.7 Å². The average Bonchev–Trinajstić information content (AvgIpc) is 2.90. The lowest BCUT2D eigenvalue weighted by Crippen LogP contribution is -2.48. The number of aromatic nitrogens is 3. The van der Waals surface area contributed by atoms with Gasteiger partial charge >= 0.3 is 11.9 Å². The molecule has 1 rings (SSSR count). The van der Waals surface area contributed by atoms with Crippen molar-refractivity contribution in [1.29, 1.82) is 0 Å². The second-order valence-electron chi connectivity index (χ2n) is 3.27. The van der Waals surface area contributed by atoms with Crippen LogP contribution in [0.5, 0.6) is 0 Å². The van der Waals surface area contributed by atoms with Crippen molar-refractivity contribution in [2.75, 3.05) is 13.2 Å². The number of esters is 2. The number of rotatable bonds is 6. The van der Waals surface area contributed by atoms with Crippen LogP contribution in [-0.4, -0.2) is 52.5 Å². The highest BCUT2D eigenvalue weighted by Gasteiger charge is 2.32. The van der Waals surface area contributed by atoms with E-state index in [-0.39, 0.29) is 18.9 Å². The number of hydrogen-bond acceptors (Lipinski definition) is 7. The molecule has 0 saturated heterocycles. The van der Waals surface area contributed by atoms with E-state index in [1.54, 1.807) is 13.8 Å². The number of carbonyl (C=O) groups excluding carboxylic acids is 3. The Morgan fingerprint density at radius 2 is 1.84 bits per heavy atom. The molecule has 0 saturated carbocycles. The standard InChI is InChI=1S/C10H14N4O5/c1-3-18-9(16)7(10(17)19-4-2)12-8(15)6-5-11-14-13-6/h5,7H,3-4H2,1-2H3,(H,12,15)(H,11,13,14). The largest absolute Gasteiger partial charge is 0.464 e. The third-order valence-electron chi connectivity index (χ3n) is 1.97. The molecule has 9 heteroatoms. The molecule has 1 aromatic rings. The van der Waals surface area contributed by atoms with Crippen LogP contribution in [-0.2, 0) is 19.1 Å². The van der Waals surface area contributed by atoms with Crippen LogP contribution < -0.4 is 5.32 Å². The van der Waals surface area contributed by atoms with Crippen LogP contribution in [0.3, 0.4) is 0 Å². The topological polar surface area (TPSA) is 123 Å². The van der Waals surface area contributed by atoms with Crippen LogP contribution in [0.25, 0.3) is 0 Å². The van der Waals surface area contributed by atoms with Crippen LogP contribution in [0.15, 0.2) is 6.20 Å². The summed E-state index contributed by atoms with van der Waals surface area (Å²) in [6.07, 6.45) is 1.16. The summed E-state index contributed by atoms with van der Waals surface area (Å²) in [6.45, 7) is 3.32. The SMILES string of the molecule is CCOC(=O)C(NC(=O)c1cn[nH]n1)C(=O)OCC. The van der Waals surface area contributed by atoms with Gasteiger partial charge in [0.15, 0.2) is 5.69 Å². The van der Waals surface area contributed by atoms with E-state index in [1.807, 2.05) is 0 Å². The van der Waals surface area contributed by atoms with E-state index in [0.717, 1.165) is 6.20 Å². The van der Waals surface area contributed by atoms with Crippen molar-refractivity contribution in [1.82, 2.24) is 20.7 Å². The smallest absolute Gasteiger partial charge is 0.340 e. The summed E-state index contributed by atoms with van der Waals surface area (Å²) in [4.78, 5) is 34.9. The fourth-order valence-corrected chi connectivity index (χ4v) is 1.18. The first-order chi connectivity index (χ1) is 9.10. The maximum absolute atomic E-state index is 11.7. The van der Waals surface area contributed by atoms with Crippen LogP contribution >= 0.6 is 0 Å². The van der Waals surface area contributed by atoms with Gasteiger partial charge in [0, 0.05) is 0 Å². The van der Waals surface area contributed by atoms with E-state index in [1.165, 1.54) is 0 Å². The zero-order valence-corrected chi connectivity index (χ0v) is 10.5. The van der Waals surface area contributed by atoms with Crippen molar-refractivity contribution in [2.45, 2.75) is 19.9 Å². The van der Waals surface area contributed by atoms with Gasteiger partial charge in [-0.15, -0.1) is 0 Å². The molecule has 0 aromatic carbocycles. The van der Waals surface area contributed by atoms with Crippen LogP contribution in [0.4, 0.5) is 0 Å². The Hall–Kier alpha value is -2.45. The molecule has 0 aliphatic heterocycles. The number of ether oxygens (including phenoxy) is 2. The average molecular weight is 270 g/mol. The molecule has 0 atom stereocenters. The highest BCUT2D eigenvalue weighted by molar-refractivity contribution is 6.05. The maximum Gasteiger partial charge on any atom is 0.340 e. The zero-order valence-electron chi connectivity index (χ0n) is 10.5. The lowest BCUT2D eigenvalue weighted by Gasteiger charge is -2.14. The van der Waals surface area contributed by atoms with Gasteiger partial charge in [-0.2, -0.15) is 15.4 Å². The van der Waals surface area contributed by atoms with Crippen LogP contribution in [0.1, 0.15) is 24.3 Å². The summed E-state index contributed by atoms with van der Waals surface area (Å²) in [7, 11) is 0. The molecule has 0 aliphatic rings. The Balaban J connectivity index is 2.76. The molecule has 0 bridgehead atoms. The van der Waals surface area contributed by atoms with Gasteiger partial charge in [0.2, 0.25) is 6.04 Å². The fourth-order valence-electron chi connectivity index (χ4n) is 1.18. The van der Waals surface area contributed by atoms with Gasteiger partial charge in [0.05, 0.1) is 19.4 Å². The number of carbonyl (C=O) groups is 3. The maximum atomic E-state index is 11.7. The van der Waals surface area contributed by atoms with Crippen molar-refractivity contribution in [3.8, 4) is 0 Å². The summed E-state index contributed by atoms with van der Waals surface area (Å²) in [6, 6.07) is -1.52. The monoisotopic (exact) mass is 270 g/mol. The van der Waals surface area contributed by atoms with Gasteiger partial charge in [0.1, 0.15) is 0 Å². The Labute approximate surface area is 108 Å². The molecular formula is C10H14N4O5. The summed E-state index contributed by atoms with van der Waals surface area (Å²) in [5, 5.41) is 11.4. The second-order valence-corrected chi connectivity index (χ2v) is 3.27. The molecule has 0 unspecified atom stereocenters. The van der Waals surface area contributed by atoms with Crippen molar-refractivity contribution in [2.24, 2.45) is 0 Å². The van der Waals surface area contributed by atoms with E-state index < -0.39 is 23.9 Å². The van der Waals surface area contributed by atoms with Gasteiger partial charge in [-0.3, -0.25) is 4.79 Å². The number of nitrogens with zero attached hydrogens (tertiary/aromatic N) is 2. The van der Waals surface area contributed by atoms with E-state index in [0.29, 0.717) is 0 Å².